The van der Waals surface area contributed by atoms with Crippen LogP contribution in [0.3, 0.4) is 0 Å². The van der Waals surface area contributed by atoms with Gasteiger partial charge in [0.25, 0.3) is 0 Å². The average Bonchev–Trinajstić information content (AvgIpc) is 2.40. The molecule has 3 fully saturated rings. The molecule has 3 atom stereocenters. The largest absolute Gasteiger partial charge is 0.0976 e. The van der Waals surface area contributed by atoms with Crippen molar-refractivity contribution >= 4 is 0 Å². The van der Waals surface area contributed by atoms with Crippen molar-refractivity contribution in [2.24, 2.45) is 23.2 Å². The minimum atomic E-state index is 0.595. The van der Waals surface area contributed by atoms with Gasteiger partial charge in [0, 0.05) is 12.0 Å². The van der Waals surface area contributed by atoms with Crippen LogP contribution < -0.4 is 0 Å². The maximum Gasteiger partial charge on any atom is 0.0245 e. The normalized spacial score (nSPS) is 32.0. The van der Waals surface area contributed by atoms with Gasteiger partial charge in [-0.1, -0.05) is 43.9 Å². The van der Waals surface area contributed by atoms with E-state index in [1.807, 2.05) is 6.07 Å². The zero-order valence-corrected chi connectivity index (χ0v) is 11.4. The molecular weight excluding hydrogens is 216 g/mol. The number of benzene rings is 1. The van der Waals surface area contributed by atoms with Crippen molar-refractivity contribution in [3.05, 3.63) is 35.9 Å². The number of hydrogen-bond acceptors (Lipinski definition) is 0. The lowest BCUT2D eigenvalue weighted by Gasteiger charge is -2.60. The first-order valence-electron chi connectivity index (χ1n) is 7.22. The summed E-state index contributed by atoms with van der Waals surface area (Å²) in [6.45, 7) is 4.92. The Hall–Kier alpha value is -1.22. The third kappa shape index (κ3) is 1.97. The molecule has 1 aromatic rings. The van der Waals surface area contributed by atoms with Crippen LogP contribution in [0.1, 0.15) is 45.1 Å². The molecule has 94 valence electrons. The van der Waals surface area contributed by atoms with E-state index in [2.05, 4.69) is 50.0 Å². The topological polar surface area (TPSA) is 0 Å². The van der Waals surface area contributed by atoms with Crippen molar-refractivity contribution < 1.29 is 0 Å². The number of rotatable bonds is 1. The van der Waals surface area contributed by atoms with Crippen LogP contribution in [0.5, 0.6) is 0 Å². The third-order valence-corrected chi connectivity index (χ3v) is 5.37. The van der Waals surface area contributed by atoms with Gasteiger partial charge in [-0.05, 0) is 54.6 Å². The van der Waals surface area contributed by atoms with Crippen LogP contribution in [0, 0.1) is 35.0 Å². The van der Waals surface area contributed by atoms with Gasteiger partial charge in [0.15, 0.2) is 0 Å². The molecule has 4 rings (SSSR count). The van der Waals surface area contributed by atoms with Gasteiger partial charge in [-0.15, -0.1) is 0 Å². The summed E-state index contributed by atoms with van der Waals surface area (Å²) in [5.41, 5.74) is 1.75. The molecule has 0 unspecified atom stereocenters. The van der Waals surface area contributed by atoms with Crippen molar-refractivity contribution in [1.82, 2.24) is 0 Å². The minimum absolute atomic E-state index is 0.595. The molecule has 0 nitrogen and oxygen atoms in total. The number of fused-ring (bicyclic) bond motifs is 2. The predicted octanol–water partition coefficient (Wildman–Crippen LogP) is 4.50. The number of hydrogen-bond donors (Lipinski definition) is 0. The SMILES string of the molecule is CC1(C)[C@@H]2CC[C@H](CC#Cc3ccccc3)[C@H]1C2. The lowest BCUT2D eigenvalue weighted by atomic mass is 9.45. The first kappa shape index (κ1) is 11.8. The molecule has 0 saturated heterocycles. The molecule has 0 radical (unpaired) electrons. The van der Waals surface area contributed by atoms with Gasteiger partial charge in [0.2, 0.25) is 0 Å². The van der Waals surface area contributed by atoms with Gasteiger partial charge in [0.1, 0.15) is 0 Å². The Morgan fingerprint density at radius 2 is 1.94 bits per heavy atom. The third-order valence-electron chi connectivity index (χ3n) is 5.37. The summed E-state index contributed by atoms with van der Waals surface area (Å²) in [6, 6.07) is 10.4. The van der Waals surface area contributed by atoms with Crippen molar-refractivity contribution in [2.45, 2.75) is 39.5 Å². The molecule has 3 aliphatic rings. The summed E-state index contributed by atoms with van der Waals surface area (Å²) in [4.78, 5) is 0. The van der Waals surface area contributed by atoms with Crippen molar-refractivity contribution in [1.29, 1.82) is 0 Å². The fourth-order valence-corrected chi connectivity index (χ4v) is 4.01. The van der Waals surface area contributed by atoms with Crippen LogP contribution in [0.25, 0.3) is 0 Å². The summed E-state index contributed by atoms with van der Waals surface area (Å²) < 4.78 is 0. The molecule has 0 spiro atoms. The Balaban J connectivity index is 1.63. The van der Waals surface area contributed by atoms with Gasteiger partial charge in [0.05, 0.1) is 0 Å². The van der Waals surface area contributed by atoms with Gasteiger partial charge in [-0.3, -0.25) is 0 Å². The molecule has 0 heteroatoms. The van der Waals surface area contributed by atoms with Crippen molar-refractivity contribution in [3.8, 4) is 11.8 Å². The van der Waals surface area contributed by atoms with Crippen LogP contribution in [0.15, 0.2) is 30.3 Å². The zero-order valence-electron chi connectivity index (χ0n) is 11.4. The Bertz CT molecular complexity index is 470. The standard InChI is InChI=1S/C18H22/c1-18(2)16-12-11-15(17(18)13-16)10-6-9-14-7-4-3-5-8-14/h3-5,7-8,15-17H,10-13H2,1-2H3/t15-,16+,17+/m0/s1. The Morgan fingerprint density at radius 1 is 1.17 bits per heavy atom. The van der Waals surface area contributed by atoms with Gasteiger partial charge >= 0.3 is 0 Å². The smallest absolute Gasteiger partial charge is 0.0245 e. The molecule has 1 aromatic carbocycles. The zero-order chi connectivity index (χ0) is 12.6. The van der Waals surface area contributed by atoms with Gasteiger partial charge in [-0.2, -0.15) is 0 Å². The summed E-state index contributed by atoms with van der Waals surface area (Å²) in [7, 11) is 0. The Morgan fingerprint density at radius 3 is 2.61 bits per heavy atom. The van der Waals surface area contributed by atoms with E-state index in [1.165, 1.54) is 19.3 Å². The lowest BCUT2D eigenvalue weighted by Crippen LogP contribution is -2.52. The highest BCUT2D eigenvalue weighted by atomic mass is 14.6. The fraction of sp³-hybridized carbons (Fsp3) is 0.556. The van der Waals surface area contributed by atoms with E-state index < -0.39 is 0 Å². The predicted molar refractivity (Wildman–Crippen MR) is 76.0 cm³/mol. The molecule has 0 aliphatic heterocycles. The van der Waals surface area contributed by atoms with Crippen LogP contribution >= 0.6 is 0 Å². The maximum atomic E-state index is 3.41. The molecule has 0 N–H and O–H groups in total. The van der Waals surface area contributed by atoms with Gasteiger partial charge in [-0.25, -0.2) is 0 Å². The summed E-state index contributed by atoms with van der Waals surface area (Å²) in [5, 5.41) is 0. The minimum Gasteiger partial charge on any atom is -0.0976 e. The quantitative estimate of drug-likeness (QED) is 0.632. The monoisotopic (exact) mass is 238 g/mol. The molecule has 18 heavy (non-hydrogen) atoms. The molecule has 2 bridgehead atoms. The maximum absolute atomic E-state index is 3.41. The molecule has 0 aromatic heterocycles. The van der Waals surface area contributed by atoms with Crippen LogP contribution in [0.2, 0.25) is 0 Å². The summed E-state index contributed by atoms with van der Waals surface area (Å²) >= 11 is 0. The van der Waals surface area contributed by atoms with E-state index >= 15 is 0 Å². The first-order chi connectivity index (χ1) is 8.68. The van der Waals surface area contributed by atoms with E-state index in [9.17, 15) is 0 Å². The molecular formula is C18H22. The summed E-state index contributed by atoms with van der Waals surface area (Å²) in [5.74, 6) is 9.50. The Labute approximate surface area is 111 Å². The Kier molecular flexibility index (Phi) is 2.94. The molecule has 3 aliphatic carbocycles. The van der Waals surface area contributed by atoms with Crippen molar-refractivity contribution in [2.75, 3.05) is 0 Å². The van der Waals surface area contributed by atoms with E-state index in [4.69, 9.17) is 0 Å². The highest BCUT2D eigenvalue weighted by molar-refractivity contribution is 5.33. The molecule has 3 saturated carbocycles. The van der Waals surface area contributed by atoms with E-state index in [0.29, 0.717) is 5.41 Å². The fourth-order valence-electron chi connectivity index (χ4n) is 4.01. The second kappa shape index (κ2) is 4.47. The highest BCUT2D eigenvalue weighted by Crippen LogP contribution is 2.61. The van der Waals surface area contributed by atoms with Gasteiger partial charge < -0.3 is 0 Å². The second-order valence-electron chi connectivity index (χ2n) is 6.57. The van der Waals surface area contributed by atoms with Crippen LogP contribution in [-0.2, 0) is 0 Å². The van der Waals surface area contributed by atoms with Crippen LogP contribution in [-0.4, -0.2) is 0 Å². The molecule has 0 amide bonds. The lowest BCUT2D eigenvalue weighted by molar-refractivity contribution is -0.103. The van der Waals surface area contributed by atoms with E-state index in [1.54, 1.807) is 0 Å². The second-order valence-corrected chi connectivity index (χ2v) is 6.57. The van der Waals surface area contributed by atoms with Crippen molar-refractivity contribution in [3.63, 3.8) is 0 Å². The highest BCUT2D eigenvalue weighted by Gasteiger charge is 2.53. The van der Waals surface area contributed by atoms with E-state index in [-0.39, 0.29) is 0 Å². The molecule has 0 heterocycles. The van der Waals surface area contributed by atoms with Crippen LogP contribution in [0.4, 0.5) is 0 Å². The average molecular weight is 238 g/mol. The first-order valence-corrected chi connectivity index (χ1v) is 7.22. The summed E-state index contributed by atoms with van der Waals surface area (Å²) in [6.07, 6.45) is 5.39. The van der Waals surface area contributed by atoms with E-state index in [0.717, 1.165) is 29.7 Å².